The van der Waals surface area contributed by atoms with Crippen LogP contribution in [-0.2, 0) is 23.9 Å². The Labute approximate surface area is 162 Å². The van der Waals surface area contributed by atoms with Gasteiger partial charge in [0.15, 0.2) is 12.7 Å². The van der Waals surface area contributed by atoms with Crippen molar-refractivity contribution in [1.29, 1.82) is 0 Å². The van der Waals surface area contributed by atoms with Crippen molar-refractivity contribution < 1.29 is 28.6 Å². The predicted octanol–water partition coefficient (Wildman–Crippen LogP) is 1.17. The third-order valence-corrected chi connectivity index (χ3v) is 4.99. The Morgan fingerprint density at radius 1 is 1.33 bits per heavy atom. The second-order valence-electron chi connectivity index (χ2n) is 6.17. The highest BCUT2D eigenvalue weighted by Crippen LogP contribution is 2.41. The zero-order chi connectivity index (χ0) is 20.0. The lowest BCUT2D eigenvalue weighted by molar-refractivity contribution is -0.151. The lowest BCUT2D eigenvalue weighted by atomic mass is 10.2. The van der Waals surface area contributed by atoms with Crippen molar-refractivity contribution in [1.82, 2.24) is 4.90 Å². The molecule has 1 amide bonds. The van der Waals surface area contributed by atoms with Gasteiger partial charge in [-0.15, -0.1) is 11.8 Å². The van der Waals surface area contributed by atoms with Gasteiger partial charge in [0.25, 0.3) is 5.91 Å². The SMILES string of the molecule is COC(=O)COc1cccc2c1SC[C@@H](OC(C)=O)C(=O)N2CCN(C)C. The summed E-state index contributed by atoms with van der Waals surface area (Å²) in [6, 6.07) is 5.31. The van der Waals surface area contributed by atoms with Crippen LogP contribution in [0.15, 0.2) is 23.1 Å². The van der Waals surface area contributed by atoms with Gasteiger partial charge >= 0.3 is 11.9 Å². The second kappa shape index (κ2) is 9.61. The van der Waals surface area contributed by atoms with Crippen molar-refractivity contribution in [3.8, 4) is 5.75 Å². The van der Waals surface area contributed by atoms with E-state index < -0.39 is 18.0 Å². The van der Waals surface area contributed by atoms with E-state index in [4.69, 9.17) is 9.47 Å². The highest BCUT2D eigenvalue weighted by Gasteiger charge is 2.34. The minimum absolute atomic E-state index is 0.230. The van der Waals surface area contributed by atoms with Crippen LogP contribution in [-0.4, -0.2) is 75.5 Å². The number of methoxy groups -OCH3 is 1. The number of benzene rings is 1. The monoisotopic (exact) mass is 396 g/mol. The number of hydrogen-bond donors (Lipinski definition) is 0. The molecule has 1 heterocycles. The predicted molar refractivity (Wildman–Crippen MR) is 101 cm³/mol. The highest BCUT2D eigenvalue weighted by atomic mass is 32.2. The molecule has 0 radical (unpaired) electrons. The maximum Gasteiger partial charge on any atom is 0.343 e. The van der Waals surface area contributed by atoms with E-state index in [-0.39, 0.29) is 18.3 Å². The summed E-state index contributed by atoms with van der Waals surface area (Å²) in [6.45, 7) is 2.12. The van der Waals surface area contributed by atoms with Crippen LogP contribution in [0.3, 0.4) is 0 Å². The molecule has 1 aromatic carbocycles. The number of carbonyl (C=O) groups excluding carboxylic acids is 3. The molecule has 8 nitrogen and oxygen atoms in total. The van der Waals surface area contributed by atoms with Crippen LogP contribution < -0.4 is 9.64 Å². The smallest absolute Gasteiger partial charge is 0.343 e. The Balaban J connectivity index is 2.36. The van der Waals surface area contributed by atoms with E-state index in [0.717, 1.165) is 4.90 Å². The molecule has 0 aromatic heterocycles. The Kier molecular flexibility index (Phi) is 7.49. The summed E-state index contributed by atoms with van der Waals surface area (Å²) in [5.74, 6) is -0.528. The van der Waals surface area contributed by atoms with Crippen LogP contribution in [0.25, 0.3) is 0 Å². The number of hydrogen-bond acceptors (Lipinski definition) is 8. The zero-order valence-corrected chi connectivity index (χ0v) is 16.7. The third-order valence-electron chi connectivity index (χ3n) is 3.82. The molecular weight excluding hydrogens is 372 g/mol. The molecule has 1 aliphatic rings. The van der Waals surface area contributed by atoms with Crippen molar-refractivity contribution in [2.45, 2.75) is 17.9 Å². The number of likely N-dealkylation sites (N-methyl/N-ethyl adjacent to an activating group) is 1. The fourth-order valence-electron chi connectivity index (χ4n) is 2.51. The quantitative estimate of drug-likeness (QED) is 0.635. The summed E-state index contributed by atoms with van der Waals surface area (Å²) in [7, 11) is 5.12. The normalized spacial score (nSPS) is 16.6. The average molecular weight is 396 g/mol. The number of ether oxygens (including phenoxy) is 3. The van der Waals surface area contributed by atoms with Crippen molar-refractivity contribution in [3.05, 3.63) is 18.2 Å². The van der Waals surface area contributed by atoms with Gasteiger partial charge < -0.3 is 24.0 Å². The average Bonchev–Trinajstić information content (AvgIpc) is 2.75. The number of fused-ring (bicyclic) bond motifs is 1. The first-order chi connectivity index (χ1) is 12.8. The number of carbonyl (C=O) groups is 3. The van der Waals surface area contributed by atoms with E-state index in [2.05, 4.69) is 4.74 Å². The summed E-state index contributed by atoms with van der Waals surface area (Å²) >= 11 is 1.36. The van der Waals surface area contributed by atoms with E-state index in [1.54, 1.807) is 17.0 Å². The molecule has 0 spiro atoms. The van der Waals surface area contributed by atoms with E-state index in [9.17, 15) is 14.4 Å². The molecule has 0 fully saturated rings. The van der Waals surface area contributed by atoms with Crippen molar-refractivity contribution in [3.63, 3.8) is 0 Å². The third kappa shape index (κ3) is 5.61. The van der Waals surface area contributed by atoms with Gasteiger partial charge in [-0.1, -0.05) is 6.07 Å². The molecule has 0 saturated heterocycles. The molecular formula is C18H24N2O6S. The number of anilines is 1. The van der Waals surface area contributed by atoms with Gasteiger partial charge in [0, 0.05) is 25.8 Å². The maximum atomic E-state index is 13.0. The molecule has 1 aromatic rings. The van der Waals surface area contributed by atoms with E-state index >= 15 is 0 Å². The van der Waals surface area contributed by atoms with Crippen LogP contribution in [0.2, 0.25) is 0 Å². The zero-order valence-electron chi connectivity index (χ0n) is 15.9. The van der Waals surface area contributed by atoms with Gasteiger partial charge in [0.05, 0.1) is 17.7 Å². The van der Waals surface area contributed by atoms with Crippen LogP contribution >= 0.6 is 11.8 Å². The van der Waals surface area contributed by atoms with Gasteiger partial charge in [-0.05, 0) is 26.2 Å². The van der Waals surface area contributed by atoms with Crippen molar-refractivity contribution in [2.24, 2.45) is 0 Å². The van der Waals surface area contributed by atoms with E-state index in [0.29, 0.717) is 24.5 Å². The van der Waals surface area contributed by atoms with Gasteiger partial charge in [0.1, 0.15) is 5.75 Å². The van der Waals surface area contributed by atoms with Crippen LogP contribution in [0.5, 0.6) is 5.75 Å². The maximum absolute atomic E-state index is 13.0. The number of amides is 1. The molecule has 0 N–H and O–H groups in total. The van der Waals surface area contributed by atoms with Gasteiger partial charge in [-0.25, -0.2) is 4.79 Å². The molecule has 27 heavy (non-hydrogen) atoms. The summed E-state index contributed by atoms with van der Waals surface area (Å²) in [6.07, 6.45) is -0.879. The topological polar surface area (TPSA) is 85.4 Å². The Hall–Kier alpha value is -2.26. The van der Waals surface area contributed by atoms with Crippen molar-refractivity contribution in [2.75, 3.05) is 51.6 Å². The fraction of sp³-hybridized carbons (Fsp3) is 0.500. The number of nitrogens with zero attached hydrogens (tertiary/aromatic N) is 2. The molecule has 9 heteroatoms. The second-order valence-corrected chi connectivity index (χ2v) is 7.20. The summed E-state index contributed by atoms with van der Waals surface area (Å²) < 4.78 is 15.4. The van der Waals surface area contributed by atoms with Gasteiger partial charge in [0.2, 0.25) is 0 Å². The number of thioether (sulfide) groups is 1. The summed E-state index contributed by atoms with van der Waals surface area (Å²) in [5, 5.41) is 0. The molecule has 1 atom stereocenters. The molecule has 0 aliphatic carbocycles. The Morgan fingerprint density at radius 3 is 2.70 bits per heavy atom. The first-order valence-corrected chi connectivity index (χ1v) is 9.40. The fourth-order valence-corrected chi connectivity index (χ4v) is 3.63. The highest BCUT2D eigenvalue weighted by molar-refractivity contribution is 7.99. The summed E-state index contributed by atoms with van der Waals surface area (Å²) in [4.78, 5) is 40.1. The lowest BCUT2D eigenvalue weighted by Gasteiger charge is -2.26. The summed E-state index contributed by atoms with van der Waals surface area (Å²) in [5.41, 5.74) is 0.670. The molecule has 0 saturated carbocycles. The lowest BCUT2D eigenvalue weighted by Crippen LogP contribution is -2.44. The first-order valence-electron chi connectivity index (χ1n) is 8.42. The first kappa shape index (κ1) is 21.0. The minimum Gasteiger partial charge on any atom is -0.481 e. The van der Waals surface area contributed by atoms with Crippen molar-refractivity contribution >= 4 is 35.3 Å². The molecule has 0 unspecified atom stereocenters. The Bertz CT molecular complexity index is 709. The van der Waals surface area contributed by atoms with Crippen LogP contribution in [0.1, 0.15) is 6.92 Å². The number of rotatable bonds is 7. The van der Waals surface area contributed by atoms with E-state index in [1.165, 1.54) is 25.8 Å². The Morgan fingerprint density at radius 2 is 2.07 bits per heavy atom. The molecule has 0 bridgehead atoms. The van der Waals surface area contributed by atoms with E-state index in [1.807, 2.05) is 25.1 Å². The van der Waals surface area contributed by atoms with Gasteiger partial charge in [-0.2, -0.15) is 0 Å². The minimum atomic E-state index is -0.879. The van der Waals surface area contributed by atoms with Crippen LogP contribution in [0.4, 0.5) is 5.69 Å². The standard InChI is InChI=1S/C18H24N2O6S/c1-12(21)26-15-11-27-17-13(20(18(15)23)9-8-19(2)3)6-5-7-14(17)25-10-16(22)24-4/h5-7,15H,8-11H2,1-4H3/t15-/m1/s1. The molecule has 2 rings (SSSR count). The van der Waals surface area contributed by atoms with Gasteiger partial charge in [-0.3, -0.25) is 9.59 Å². The number of esters is 2. The molecule has 1 aliphatic heterocycles. The largest absolute Gasteiger partial charge is 0.481 e. The van der Waals surface area contributed by atoms with Crippen LogP contribution in [0, 0.1) is 0 Å². The molecule has 148 valence electrons.